The molecule has 0 aromatic carbocycles. The smallest absolute Gasteiger partial charge is 0.128 e. The summed E-state index contributed by atoms with van der Waals surface area (Å²) in [6, 6.07) is 0. The van der Waals surface area contributed by atoms with E-state index in [4.69, 9.17) is 4.74 Å². The Morgan fingerprint density at radius 2 is 2.06 bits per heavy atom. The first kappa shape index (κ1) is 14.9. The van der Waals surface area contributed by atoms with Gasteiger partial charge >= 0.3 is 0 Å². The fourth-order valence-electron chi connectivity index (χ4n) is 1.92. The van der Waals surface area contributed by atoms with Crippen molar-refractivity contribution < 1.29 is 14.9 Å². The maximum atomic E-state index is 10.1. The zero-order valence-electron chi connectivity index (χ0n) is 11.8. The third-order valence-electron chi connectivity index (χ3n) is 3.57. The Balaban J connectivity index is 2.99. The number of hydrogen-bond acceptors (Lipinski definition) is 4. The van der Waals surface area contributed by atoms with Crippen LogP contribution >= 0.6 is 0 Å². The molecule has 0 spiro atoms. The van der Waals surface area contributed by atoms with Crippen molar-refractivity contribution in [2.45, 2.75) is 52.2 Å². The first-order valence-electron chi connectivity index (χ1n) is 6.23. The number of aryl methyl sites for hydroxylation is 1. The summed E-state index contributed by atoms with van der Waals surface area (Å²) in [6.07, 6.45) is 1.72. The van der Waals surface area contributed by atoms with E-state index in [0.717, 1.165) is 22.6 Å². The number of methoxy groups -OCH3 is 1. The van der Waals surface area contributed by atoms with Gasteiger partial charge in [-0.1, -0.05) is 6.92 Å². The van der Waals surface area contributed by atoms with Gasteiger partial charge in [0.25, 0.3) is 0 Å². The molecule has 1 rings (SSSR count). The second-order valence-electron chi connectivity index (χ2n) is 4.98. The summed E-state index contributed by atoms with van der Waals surface area (Å²) < 4.78 is 5.33. The molecule has 0 saturated carbocycles. The van der Waals surface area contributed by atoms with Gasteiger partial charge < -0.3 is 14.9 Å². The molecule has 0 bridgehead atoms. The molecule has 0 aliphatic heterocycles. The van der Waals surface area contributed by atoms with E-state index >= 15 is 0 Å². The maximum Gasteiger partial charge on any atom is 0.128 e. The van der Waals surface area contributed by atoms with Crippen molar-refractivity contribution in [1.82, 2.24) is 4.98 Å². The minimum Gasteiger partial charge on any atom is -0.496 e. The van der Waals surface area contributed by atoms with E-state index in [9.17, 15) is 10.2 Å². The van der Waals surface area contributed by atoms with E-state index in [1.165, 1.54) is 0 Å². The lowest BCUT2D eigenvalue weighted by Crippen LogP contribution is -2.40. The second kappa shape index (κ2) is 5.67. The van der Waals surface area contributed by atoms with Crippen LogP contribution in [0.25, 0.3) is 0 Å². The van der Waals surface area contributed by atoms with Gasteiger partial charge in [-0.15, -0.1) is 0 Å². The molecule has 0 amide bonds. The van der Waals surface area contributed by atoms with Gasteiger partial charge in [0.1, 0.15) is 5.75 Å². The second-order valence-corrected chi connectivity index (χ2v) is 4.98. The molecule has 1 aromatic rings. The fraction of sp³-hybridized carbons (Fsp3) is 0.643. The standard InChI is InChI=1S/C14H23NO3/c1-6-14(4,17)12(16)7-11-10(3)13(18-5)9(2)8-15-11/h8,12,16-17H,6-7H2,1-5H3. The molecule has 0 saturated heterocycles. The van der Waals surface area contributed by atoms with Gasteiger partial charge in [0.05, 0.1) is 18.8 Å². The van der Waals surface area contributed by atoms with Crippen LogP contribution in [0.3, 0.4) is 0 Å². The summed E-state index contributed by atoms with van der Waals surface area (Å²) in [4.78, 5) is 4.32. The summed E-state index contributed by atoms with van der Waals surface area (Å²) in [5.74, 6) is 0.795. The quantitative estimate of drug-likeness (QED) is 0.839. The highest BCUT2D eigenvalue weighted by Crippen LogP contribution is 2.26. The lowest BCUT2D eigenvalue weighted by molar-refractivity contribution is -0.0634. The SMILES string of the molecule is CCC(C)(O)C(O)Cc1ncc(C)c(OC)c1C. The van der Waals surface area contributed by atoms with Gasteiger partial charge in [-0.2, -0.15) is 0 Å². The first-order chi connectivity index (χ1) is 8.33. The zero-order valence-corrected chi connectivity index (χ0v) is 11.8. The van der Waals surface area contributed by atoms with Crippen molar-refractivity contribution in [2.75, 3.05) is 7.11 Å². The Labute approximate surface area is 109 Å². The van der Waals surface area contributed by atoms with E-state index in [-0.39, 0.29) is 0 Å². The number of hydrogen-bond donors (Lipinski definition) is 2. The summed E-state index contributed by atoms with van der Waals surface area (Å²) in [7, 11) is 1.62. The predicted molar refractivity (Wildman–Crippen MR) is 70.9 cm³/mol. The molecule has 2 unspecified atom stereocenters. The summed E-state index contributed by atoms with van der Waals surface area (Å²) in [5, 5.41) is 20.1. The number of pyridine rings is 1. The predicted octanol–water partition coefficient (Wildman–Crippen LogP) is 1.77. The lowest BCUT2D eigenvalue weighted by Gasteiger charge is -2.28. The average molecular weight is 253 g/mol. The van der Waals surface area contributed by atoms with Crippen LogP contribution in [0.5, 0.6) is 5.75 Å². The number of aliphatic hydroxyl groups excluding tert-OH is 1. The van der Waals surface area contributed by atoms with Crippen LogP contribution in [0.1, 0.15) is 37.1 Å². The van der Waals surface area contributed by atoms with Crippen LogP contribution in [0, 0.1) is 13.8 Å². The number of aliphatic hydroxyl groups is 2. The van der Waals surface area contributed by atoms with E-state index in [1.807, 2.05) is 20.8 Å². The van der Waals surface area contributed by atoms with Crippen molar-refractivity contribution in [3.63, 3.8) is 0 Å². The highest BCUT2D eigenvalue weighted by molar-refractivity contribution is 5.41. The Morgan fingerprint density at radius 3 is 2.56 bits per heavy atom. The van der Waals surface area contributed by atoms with Crippen LogP contribution in [0.2, 0.25) is 0 Å². The Bertz CT molecular complexity index is 416. The van der Waals surface area contributed by atoms with Crippen LogP contribution in [-0.2, 0) is 6.42 Å². The molecule has 1 heterocycles. The molecule has 2 N–H and O–H groups in total. The molecule has 0 fully saturated rings. The van der Waals surface area contributed by atoms with Crippen molar-refractivity contribution in [2.24, 2.45) is 0 Å². The van der Waals surface area contributed by atoms with Gasteiger partial charge in [0.15, 0.2) is 0 Å². The van der Waals surface area contributed by atoms with Crippen molar-refractivity contribution in [3.8, 4) is 5.75 Å². The highest BCUT2D eigenvalue weighted by atomic mass is 16.5. The third kappa shape index (κ3) is 3.00. The lowest BCUT2D eigenvalue weighted by atomic mass is 9.91. The molecule has 0 radical (unpaired) electrons. The van der Waals surface area contributed by atoms with Crippen LogP contribution < -0.4 is 4.74 Å². The minimum absolute atomic E-state index is 0.323. The highest BCUT2D eigenvalue weighted by Gasteiger charge is 2.29. The Morgan fingerprint density at radius 1 is 1.44 bits per heavy atom. The molecular formula is C14H23NO3. The van der Waals surface area contributed by atoms with Gasteiger partial charge in [-0.05, 0) is 27.2 Å². The summed E-state index contributed by atoms with van der Waals surface area (Å²) in [5.41, 5.74) is 1.56. The maximum absolute atomic E-state index is 10.1. The largest absolute Gasteiger partial charge is 0.496 e. The van der Waals surface area contributed by atoms with E-state index < -0.39 is 11.7 Å². The third-order valence-corrected chi connectivity index (χ3v) is 3.57. The van der Waals surface area contributed by atoms with Gasteiger partial charge in [0, 0.05) is 29.4 Å². The number of rotatable bonds is 5. The average Bonchev–Trinajstić information content (AvgIpc) is 2.33. The van der Waals surface area contributed by atoms with E-state index in [2.05, 4.69) is 4.98 Å². The van der Waals surface area contributed by atoms with Crippen molar-refractivity contribution in [1.29, 1.82) is 0 Å². The molecule has 1 aromatic heterocycles. The van der Waals surface area contributed by atoms with Crippen molar-refractivity contribution >= 4 is 0 Å². The van der Waals surface area contributed by atoms with E-state index in [0.29, 0.717) is 12.8 Å². The van der Waals surface area contributed by atoms with Crippen LogP contribution in [0.4, 0.5) is 0 Å². The van der Waals surface area contributed by atoms with Gasteiger partial charge in [-0.25, -0.2) is 0 Å². The van der Waals surface area contributed by atoms with Crippen LogP contribution in [-0.4, -0.2) is 34.0 Å². The molecule has 4 nitrogen and oxygen atoms in total. The monoisotopic (exact) mass is 253 g/mol. The molecule has 0 aliphatic carbocycles. The minimum atomic E-state index is -1.09. The van der Waals surface area contributed by atoms with Gasteiger partial charge in [0.2, 0.25) is 0 Å². The zero-order chi connectivity index (χ0) is 13.9. The normalized spacial score (nSPS) is 16.2. The number of ether oxygens (including phenoxy) is 1. The topological polar surface area (TPSA) is 62.6 Å². The number of aromatic nitrogens is 1. The number of nitrogens with zero attached hydrogens (tertiary/aromatic N) is 1. The first-order valence-corrected chi connectivity index (χ1v) is 6.23. The van der Waals surface area contributed by atoms with Gasteiger partial charge in [-0.3, -0.25) is 4.98 Å². The molecule has 102 valence electrons. The summed E-state index contributed by atoms with van der Waals surface area (Å²) in [6.45, 7) is 7.33. The Hall–Kier alpha value is -1.13. The Kier molecular flexibility index (Phi) is 4.71. The summed E-state index contributed by atoms with van der Waals surface area (Å²) >= 11 is 0. The molecule has 2 atom stereocenters. The molecule has 18 heavy (non-hydrogen) atoms. The molecule has 0 aliphatic rings. The van der Waals surface area contributed by atoms with Crippen molar-refractivity contribution in [3.05, 3.63) is 23.0 Å². The van der Waals surface area contributed by atoms with Crippen LogP contribution in [0.15, 0.2) is 6.20 Å². The molecule has 4 heteroatoms. The van der Waals surface area contributed by atoms with E-state index in [1.54, 1.807) is 20.2 Å². The molecular weight excluding hydrogens is 230 g/mol. The fourth-order valence-corrected chi connectivity index (χ4v) is 1.92.